The van der Waals surface area contributed by atoms with Crippen LogP contribution in [-0.4, -0.2) is 49.0 Å². The molecule has 17 aromatic rings. The molecule has 0 radical (unpaired) electrons. The highest BCUT2D eigenvalue weighted by atomic mass is 15.1. The lowest BCUT2D eigenvalue weighted by Crippen LogP contribution is -2.27. The molecule has 2 bridgehead atoms. The quantitative estimate of drug-likeness (QED) is 0.119. The predicted octanol–water partition coefficient (Wildman–Crippen LogP) is 20.4. The van der Waals surface area contributed by atoms with Crippen molar-refractivity contribution in [3.63, 3.8) is 0 Å². The lowest BCUT2D eigenvalue weighted by molar-refractivity contribution is 0.755. The highest BCUT2D eigenvalue weighted by Crippen LogP contribution is 2.57. The van der Waals surface area contributed by atoms with E-state index in [1.54, 1.807) is 0 Å². The predicted molar refractivity (Wildman–Crippen MR) is 392 cm³/mol. The molecule has 10 heteroatoms. The van der Waals surface area contributed by atoms with Gasteiger partial charge < -0.3 is 0 Å². The zero-order chi connectivity index (χ0) is 64.6. The third kappa shape index (κ3) is 9.64. The Balaban J connectivity index is 0.646. The third-order valence-corrected chi connectivity index (χ3v) is 19.3. The molecule has 13 aromatic carbocycles. The second kappa shape index (κ2) is 23.4. The Labute approximate surface area is 565 Å². The fraction of sp³-hybridized carbons (Fsp3) is 0.0227. The summed E-state index contributed by atoms with van der Waals surface area (Å²) >= 11 is 0. The maximum atomic E-state index is 5.31. The van der Waals surface area contributed by atoms with Crippen molar-refractivity contribution in [2.75, 3.05) is 0 Å². The molecule has 98 heavy (non-hydrogen) atoms. The number of hydrogen-bond acceptors (Lipinski definition) is 8. The Bertz CT molecular complexity index is 5560. The van der Waals surface area contributed by atoms with Crippen molar-refractivity contribution >= 4 is 22.1 Å². The fourth-order valence-electron chi connectivity index (χ4n) is 14.7. The number of fused-ring (bicyclic) bond motifs is 2. The van der Waals surface area contributed by atoms with Gasteiger partial charge in [-0.2, -0.15) is 0 Å². The minimum absolute atomic E-state index is 0.0725. The van der Waals surface area contributed by atoms with Gasteiger partial charge in [0.15, 0.2) is 34.9 Å². The summed E-state index contributed by atoms with van der Waals surface area (Å²) in [4.78, 5) is 41.8. The molecule has 0 saturated heterocycles. The second-order valence-corrected chi connectivity index (χ2v) is 25.0. The van der Waals surface area contributed by atoms with Crippen LogP contribution in [0.25, 0.3) is 147 Å². The third-order valence-electron chi connectivity index (χ3n) is 19.3. The summed E-state index contributed by atoms with van der Waals surface area (Å²) in [5.41, 5.74) is 25.7. The number of para-hydroxylation sites is 6. The van der Waals surface area contributed by atoms with Gasteiger partial charge in [-0.3, -0.25) is 9.13 Å². The van der Waals surface area contributed by atoms with Crippen LogP contribution in [-0.2, 0) is 0 Å². The van der Waals surface area contributed by atoms with Crippen molar-refractivity contribution in [1.82, 2.24) is 49.0 Å². The van der Waals surface area contributed by atoms with E-state index in [4.69, 9.17) is 39.9 Å². The maximum Gasteiger partial charge on any atom is 0.166 e. The van der Waals surface area contributed by atoms with E-state index >= 15 is 0 Å². The van der Waals surface area contributed by atoms with Crippen LogP contribution in [0.15, 0.2) is 328 Å². The first-order chi connectivity index (χ1) is 48.6. The Hall–Kier alpha value is -13.2. The molecule has 2 unspecified atom stereocenters. The summed E-state index contributed by atoms with van der Waals surface area (Å²) in [7, 11) is 0. The minimum atomic E-state index is 0.0725. The lowest BCUT2D eigenvalue weighted by atomic mass is 9.60. The molecule has 458 valence electrons. The SMILES string of the molecule is c1ccc(-c2nc(-c3ccc(-c4ccc5c(c4)C4c6ccccc6C5c5cc(-c6ccc(-c7nc(-c8ccccc8)nc(-c8ccccc8-n8c(-c9ccccc9)nc9ccccc98)n7)cc6)ccc54)cc3)nc(-c3ccccc3-n3c(-c4ccccc4)nc4ccccc43)n2)cc1. The van der Waals surface area contributed by atoms with E-state index in [-0.39, 0.29) is 11.8 Å². The summed E-state index contributed by atoms with van der Waals surface area (Å²) in [6.07, 6.45) is 0. The highest BCUT2D eigenvalue weighted by molar-refractivity contribution is 5.89. The first kappa shape index (κ1) is 56.4. The van der Waals surface area contributed by atoms with Gasteiger partial charge in [-0.15, -0.1) is 0 Å². The van der Waals surface area contributed by atoms with E-state index < -0.39 is 0 Å². The minimum Gasteiger partial charge on any atom is -0.292 e. The van der Waals surface area contributed by atoms with Gasteiger partial charge >= 0.3 is 0 Å². The molecular formula is C88H56N10. The summed E-state index contributed by atoms with van der Waals surface area (Å²) in [5.74, 6) is 5.34. The molecule has 0 saturated carbocycles. The van der Waals surface area contributed by atoms with E-state index in [9.17, 15) is 0 Å². The van der Waals surface area contributed by atoms with Gasteiger partial charge in [-0.05, 0) is 116 Å². The Morgan fingerprint density at radius 3 is 0.878 bits per heavy atom. The van der Waals surface area contributed by atoms with E-state index in [2.05, 4.69) is 264 Å². The van der Waals surface area contributed by atoms with Gasteiger partial charge in [0.2, 0.25) is 0 Å². The Morgan fingerprint density at radius 1 is 0.194 bits per heavy atom. The van der Waals surface area contributed by atoms with Gasteiger partial charge in [-0.1, -0.05) is 267 Å². The molecule has 3 aliphatic carbocycles. The lowest BCUT2D eigenvalue weighted by Gasteiger charge is -2.42. The van der Waals surface area contributed by atoms with Gasteiger partial charge in [-0.25, -0.2) is 39.9 Å². The van der Waals surface area contributed by atoms with Gasteiger partial charge in [0, 0.05) is 56.3 Å². The average Bonchev–Trinajstić information content (AvgIpc) is 0.835. The Kier molecular flexibility index (Phi) is 13.4. The molecule has 0 amide bonds. The Morgan fingerprint density at radius 2 is 0.480 bits per heavy atom. The fourth-order valence-corrected chi connectivity index (χ4v) is 14.7. The van der Waals surface area contributed by atoms with Crippen molar-refractivity contribution in [2.24, 2.45) is 0 Å². The molecule has 2 atom stereocenters. The van der Waals surface area contributed by atoms with Gasteiger partial charge in [0.25, 0.3) is 0 Å². The van der Waals surface area contributed by atoms with Crippen LogP contribution in [0.4, 0.5) is 0 Å². The standard InChI is InChI=1S/C88H56N10/c1-5-23-57(24-6-1)81-91-83(95-85(93-81)69-33-15-19-37-75(69)97-77-39-21-17-35-73(77)89-87(97)61-27-9-3-10-28-61)59-45-41-55(42-46-59)63-49-51-67-71(53-63)79-65-31-13-14-32-66(65)80(67)72-54-64(50-52-68(72)79)56-43-47-60(48-44-56)84-92-82(58-25-7-2-8-26-58)94-86(96-84)70-34-16-20-38-76(70)98-78-40-22-18-36-74(78)90-88(98)62-29-11-4-12-30-62/h1-54,79-80H. The van der Waals surface area contributed by atoms with Crippen LogP contribution in [0.2, 0.25) is 0 Å². The van der Waals surface area contributed by atoms with Crippen LogP contribution in [0.1, 0.15) is 45.2 Å². The highest BCUT2D eigenvalue weighted by Gasteiger charge is 2.41. The molecule has 4 aromatic heterocycles. The van der Waals surface area contributed by atoms with Gasteiger partial charge in [0.05, 0.1) is 33.4 Å². The van der Waals surface area contributed by atoms with Crippen molar-refractivity contribution in [2.45, 2.75) is 11.8 Å². The van der Waals surface area contributed by atoms with Crippen LogP contribution in [0, 0.1) is 0 Å². The molecule has 0 N–H and O–H groups in total. The van der Waals surface area contributed by atoms with Crippen molar-refractivity contribution in [3.8, 4) is 125 Å². The number of hydrogen-bond donors (Lipinski definition) is 0. The number of aromatic nitrogens is 10. The topological polar surface area (TPSA) is 113 Å². The van der Waals surface area contributed by atoms with Gasteiger partial charge in [0.1, 0.15) is 11.6 Å². The molecule has 10 nitrogen and oxygen atoms in total. The first-order valence-electron chi connectivity index (χ1n) is 33.0. The van der Waals surface area contributed by atoms with E-state index in [1.165, 1.54) is 33.4 Å². The number of benzene rings is 13. The van der Waals surface area contributed by atoms with E-state index in [0.717, 1.165) is 112 Å². The van der Waals surface area contributed by atoms with Crippen LogP contribution >= 0.6 is 0 Å². The first-order valence-corrected chi connectivity index (χ1v) is 33.0. The zero-order valence-electron chi connectivity index (χ0n) is 52.8. The number of rotatable bonds is 12. The number of imidazole rings is 2. The molecule has 4 heterocycles. The largest absolute Gasteiger partial charge is 0.292 e. The van der Waals surface area contributed by atoms with Crippen molar-refractivity contribution < 1.29 is 0 Å². The molecule has 0 fully saturated rings. The molecule has 20 rings (SSSR count). The smallest absolute Gasteiger partial charge is 0.166 e. The maximum absolute atomic E-state index is 5.31. The molecule has 0 aliphatic heterocycles. The average molecular weight is 1250 g/mol. The summed E-state index contributed by atoms with van der Waals surface area (Å²) in [5, 5.41) is 0. The number of nitrogens with zero attached hydrogens (tertiary/aromatic N) is 10. The van der Waals surface area contributed by atoms with Crippen LogP contribution < -0.4 is 0 Å². The molecule has 0 spiro atoms. The monoisotopic (exact) mass is 1250 g/mol. The van der Waals surface area contributed by atoms with Crippen LogP contribution in [0.3, 0.4) is 0 Å². The van der Waals surface area contributed by atoms with Crippen molar-refractivity contribution in [3.05, 3.63) is 361 Å². The normalized spacial score (nSPS) is 13.5. The zero-order valence-corrected chi connectivity index (χ0v) is 52.8. The molecular weight excluding hydrogens is 1200 g/mol. The van der Waals surface area contributed by atoms with E-state index in [0.29, 0.717) is 34.9 Å². The van der Waals surface area contributed by atoms with Crippen molar-refractivity contribution in [1.29, 1.82) is 0 Å². The summed E-state index contributed by atoms with van der Waals surface area (Å²) < 4.78 is 4.45. The summed E-state index contributed by atoms with van der Waals surface area (Å²) in [6, 6.07) is 115. The molecule has 3 aliphatic rings. The van der Waals surface area contributed by atoms with E-state index in [1.807, 2.05) is 72.8 Å². The summed E-state index contributed by atoms with van der Waals surface area (Å²) in [6.45, 7) is 0. The second-order valence-electron chi connectivity index (χ2n) is 25.0. The van der Waals surface area contributed by atoms with Crippen LogP contribution in [0.5, 0.6) is 0 Å².